The minimum Gasteiger partial charge on any atom is -0.390 e. The van der Waals surface area contributed by atoms with Gasteiger partial charge in [-0.3, -0.25) is 4.79 Å². The van der Waals surface area contributed by atoms with Crippen LogP contribution in [0.2, 0.25) is 0 Å². The molecule has 0 aliphatic rings. The Hall–Kier alpha value is -2.69. The lowest BCUT2D eigenvalue weighted by atomic mass is 10.2. The normalized spacial score (nSPS) is 11.3. The molecule has 1 aromatic carbocycles. The van der Waals surface area contributed by atoms with Gasteiger partial charge in [0, 0.05) is 15.2 Å². The Bertz CT molecular complexity index is 743. The first-order chi connectivity index (χ1) is 10.5. The fourth-order valence-corrected chi connectivity index (χ4v) is 1.85. The van der Waals surface area contributed by atoms with Gasteiger partial charge in [0.05, 0.1) is 15.9 Å². The number of benzene rings is 1. The molecule has 22 heavy (non-hydrogen) atoms. The van der Waals surface area contributed by atoms with Gasteiger partial charge in [0.25, 0.3) is 5.91 Å². The van der Waals surface area contributed by atoms with Gasteiger partial charge in [-0.1, -0.05) is 26.8 Å². The number of amides is 1. The molecule has 2 rings (SSSR count). The van der Waals surface area contributed by atoms with Crippen molar-refractivity contribution in [2.24, 2.45) is 5.10 Å². The van der Waals surface area contributed by atoms with Crippen LogP contribution in [0.25, 0.3) is 0 Å². The highest BCUT2D eigenvalue weighted by atomic mass is 79.9. The lowest BCUT2D eigenvalue weighted by Gasteiger charge is -2.01. The first kappa shape index (κ1) is 15.7. The van der Waals surface area contributed by atoms with Gasteiger partial charge in [-0.15, -0.1) is 0 Å². The summed E-state index contributed by atoms with van der Waals surface area (Å²) in [6.45, 7) is 1.69. The zero-order valence-corrected chi connectivity index (χ0v) is 12.9. The van der Waals surface area contributed by atoms with Crippen LogP contribution in [0.1, 0.15) is 17.3 Å². The standard InChI is InChI=1S/C11H10BrN7O3/c1-7(6-18-16-11(15-17-18)19(21)22)13-14-10(20)8-3-2-4-9(12)5-8/h2-5H,6H2,1H3,(H,14,20). The van der Waals surface area contributed by atoms with E-state index >= 15 is 0 Å². The summed E-state index contributed by atoms with van der Waals surface area (Å²) in [4.78, 5) is 22.6. The summed E-state index contributed by atoms with van der Waals surface area (Å²) in [7, 11) is 0. The van der Waals surface area contributed by atoms with Crippen molar-refractivity contribution in [1.82, 2.24) is 25.6 Å². The van der Waals surface area contributed by atoms with Gasteiger partial charge in [-0.2, -0.15) is 5.10 Å². The molecule has 0 spiro atoms. The summed E-state index contributed by atoms with van der Waals surface area (Å²) in [5, 5.41) is 24.6. The lowest BCUT2D eigenvalue weighted by Crippen LogP contribution is -2.21. The Morgan fingerprint density at radius 3 is 2.95 bits per heavy atom. The highest BCUT2D eigenvalue weighted by Crippen LogP contribution is 2.11. The van der Waals surface area contributed by atoms with Gasteiger partial charge in [0.15, 0.2) is 0 Å². The van der Waals surface area contributed by atoms with E-state index in [0.29, 0.717) is 11.3 Å². The number of nitro groups is 1. The third-order valence-electron chi connectivity index (χ3n) is 2.41. The summed E-state index contributed by atoms with van der Waals surface area (Å²) in [6.07, 6.45) is 0. The molecular weight excluding hydrogens is 358 g/mol. The maximum Gasteiger partial charge on any atom is 0.514 e. The maximum atomic E-state index is 11.9. The van der Waals surface area contributed by atoms with Crippen molar-refractivity contribution < 1.29 is 9.72 Å². The zero-order chi connectivity index (χ0) is 16.1. The summed E-state index contributed by atoms with van der Waals surface area (Å²) in [5.41, 5.74) is 3.28. The molecule has 0 saturated carbocycles. The van der Waals surface area contributed by atoms with E-state index in [4.69, 9.17) is 0 Å². The third kappa shape index (κ3) is 4.15. The van der Waals surface area contributed by atoms with Gasteiger partial charge in [0.2, 0.25) is 0 Å². The van der Waals surface area contributed by atoms with Crippen molar-refractivity contribution >= 4 is 33.5 Å². The number of hydrogen-bond donors (Lipinski definition) is 1. The van der Waals surface area contributed by atoms with Crippen LogP contribution >= 0.6 is 15.9 Å². The van der Waals surface area contributed by atoms with Gasteiger partial charge in [-0.25, -0.2) is 5.43 Å². The number of halogens is 1. The minimum absolute atomic E-state index is 0.0691. The molecule has 0 radical (unpaired) electrons. The van der Waals surface area contributed by atoms with Gasteiger partial charge in [-0.05, 0) is 30.0 Å². The summed E-state index contributed by atoms with van der Waals surface area (Å²) >= 11 is 3.27. The average Bonchev–Trinajstić information content (AvgIpc) is 2.93. The van der Waals surface area contributed by atoms with Crippen LogP contribution in [-0.4, -0.2) is 36.7 Å². The lowest BCUT2D eigenvalue weighted by molar-refractivity contribution is -0.394. The second kappa shape index (κ2) is 6.85. The third-order valence-corrected chi connectivity index (χ3v) is 2.90. The highest BCUT2D eigenvalue weighted by Gasteiger charge is 2.15. The molecular formula is C11H10BrN7O3. The van der Waals surface area contributed by atoms with Crippen LogP contribution in [0.4, 0.5) is 5.95 Å². The number of tetrazole rings is 1. The number of nitrogens with zero attached hydrogens (tertiary/aromatic N) is 6. The molecule has 1 N–H and O–H groups in total. The molecule has 0 bridgehead atoms. The molecule has 1 heterocycles. The maximum absolute atomic E-state index is 11.9. The summed E-state index contributed by atoms with van der Waals surface area (Å²) < 4.78 is 0.778. The molecule has 0 aliphatic carbocycles. The molecule has 11 heteroatoms. The molecule has 0 unspecified atom stereocenters. The van der Waals surface area contributed by atoms with Crippen LogP contribution in [-0.2, 0) is 6.54 Å². The Balaban J connectivity index is 1.97. The van der Waals surface area contributed by atoms with E-state index in [-0.39, 0.29) is 12.5 Å². The topological polar surface area (TPSA) is 128 Å². The van der Waals surface area contributed by atoms with E-state index in [9.17, 15) is 14.9 Å². The molecule has 1 aromatic heterocycles. The molecule has 0 atom stereocenters. The first-order valence-electron chi connectivity index (χ1n) is 5.97. The average molecular weight is 368 g/mol. The largest absolute Gasteiger partial charge is 0.514 e. The van der Waals surface area contributed by atoms with Crippen molar-refractivity contribution in [3.63, 3.8) is 0 Å². The van der Waals surface area contributed by atoms with E-state index < -0.39 is 10.9 Å². The predicted octanol–water partition coefficient (Wildman–Crippen LogP) is 1.15. The predicted molar refractivity (Wildman–Crippen MR) is 79.2 cm³/mol. The van der Waals surface area contributed by atoms with Crippen LogP contribution in [0.15, 0.2) is 33.8 Å². The molecule has 2 aromatic rings. The second-order valence-electron chi connectivity index (χ2n) is 4.18. The number of rotatable bonds is 5. The smallest absolute Gasteiger partial charge is 0.390 e. The van der Waals surface area contributed by atoms with Crippen molar-refractivity contribution in [2.75, 3.05) is 0 Å². The summed E-state index contributed by atoms with van der Waals surface area (Å²) in [5.74, 6) is -0.968. The van der Waals surface area contributed by atoms with Gasteiger partial charge in [0.1, 0.15) is 6.54 Å². The van der Waals surface area contributed by atoms with Crippen molar-refractivity contribution in [3.05, 3.63) is 44.4 Å². The highest BCUT2D eigenvalue weighted by molar-refractivity contribution is 9.10. The van der Waals surface area contributed by atoms with E-state index in [2.05, 4.69) is 41.9 Å². The first-order valence-corrected chi connectivity index (χ1v) is 6.76. The van der Waals surface area contributed by atoms with Crippen LogP contribution in [0.3, 0.4) is 0 Å². The zero-order valence-electron chi connectivity index (χ0n) is 11.3. The van der Waals surface area contributed by atoms with Crippen LogP contribution in [0.5, 0.6) is 0 Å². The number of nitrogens with one attached hydrogen (secondary N) is 1. The van der Waals surface area contributed by atoms with E-state index in [0.717, 1.165) is 9.27 Å². The molecule has 10 nitrogen and oxygen atoms in total. The molecule has 1 amide bonds. The van der Waals surface area contributed by atoms with E-state index in [1.54, 1.807) is 31.2 Å². The van der Waals surface area contributed by atoms with Crippen LogP contribution in [0, 0.1) is 10.1 Å². The second-order valence-corrected chi connectivity index (χ2v) is 5.09. The van der Waals surface area contributed by atoms with Crippen molar-refractivity contribution in [3.8, 4) is 0 Å². The summed E-state index contributed by atoms with van der Waals surface area (Å²) in [6, 6.07) is 6.83. The Morgan fingerprint density at radius 1 is 1.55 bits per heavy atom. The Labute approximate surface area is 132 Å². The number of hydrazone groups is 1. The van der Waals surface area contributed by atoms with Crippen molar-refractivity contribution in [1.29, 1.82) is 0 Å². The SMILES string of the molecule is CC(Cn1nnc([N+](=O)[O-])n1)=NNC(=O)c1cccc(Br)c1. The van der Waals surface area contributed by atoms with Gasteiger partial charge >= 0.3 is 5.95 Å². The number of carbonyl (C=O) groups excluding carboxylic acids is 1. The van der Waals surface area contributed by atoms with Crippen molar-refractivity contribution in [2.45, 2.75) is 13.5 Å². The molecule has 0 aliphatic heterocycles. The number of aromatic nitrogens is 4. The Kier molecular flexibility index (Phi) is 4.88. The monoisotopic (exact) mass is 367 g/mol. The molecule has 0 saturated heterocycles. The van der Waals surface area contributed by atoms with E-state index in [1.165, 1.54) is 0 Å². The number of carbonyl (C=O) groups is 1. The fourth-order valence-electron chi connectivity index (χ4n) is 1.46. The minimum atomic E-state index is -0.745. The van der Waals surface area contributed by atoms with Gasteiger partial charge < -0.3 is 10.1 Å². The fraction of sp³-hybridized carbons (Fsp3) is 0.182. The number of hydrogen-bond acceptors (Lipinski definition) is 7. The Morgan fingerprint density at radius 2 is 2.32 bits per heavy atom. The van der Waals surface area contributed by atoms with E-state index in [1.807, 2.05) is 0 Å². The molecule has 0 fully saturated rings. The van der Waals surface area contributed by atoms with Crippen LogP contribution < -0.4 is 5.43 Å². The molecule has 114 valence electrons. The quantitative estimate of drug-likeness (QED) is 0.479.